The summed E-state index contributed by atoms with van der Waals surface area (Å²) in [6, 6.07) is 9.93. The lowest BCUT2D eigenvalue weighted by molar-refractivity contribution is -0.139. The maximum atomic E-state index is 13.8. The van der Waals surface area contributed by atoms with Gasteiger partial charge in [-0.15, -0.1) is 0 Å². The van der Waals surface area contributed by atoms with Crippen molar-refractivity contribution < 1.29 is 27.8 Å². The van der Waals surface area contributed by atoms with Gasteiger partial charge in [0.1, 0.15) is 23.9 Å². The number of hydrogen-bond acceptors (Lipinski definition) is 6. The van der Waals surface area contributed by atoms with Crippen molar-refractivity contribution in [1.82, 2.24) is 19.5 Å². The second-order valence-corrected chi connectivity index (χ2v) is 7.46. The van der Waals surface area contributed by atoms with E-state index in [2.05, 4.69) is 15.0 Å². The van der Waals surface area contributed by atoms with Crippen molar-refractivity contribution in [2.24, 2.45) is 7.05 Å². The number of imidazole rings is 1. The highest BCUT2D eigenvalue weighted by Crippen LogP contribution is 2.39. The number of aromatic nitrogens is 4. The van der Waals surface area contributed by atoms with Gasteiger partial charge in [-0.25, -0.2) is 19.7 Å². The number of benzene rings is 1. The number of carboxylic acids is 1. The van der Waals surface area contributed by atoms with Gasteiger partial charge < -0.3 is 14.4 Å². The number of carbonyl (C=O) groups is 1. The van der Waals surface area contributed by atoms with Gasteiger partial charge in [-0.3, -0.25) is 0 Å². The highest BCUT2D eigenvalue weighted by atomic mass is 19.4. The molecule has 0 spiro atoms. The third kappa shape index (κ3) is 4.25. The first-order chi connectivity index (χ1) is 16.1. The van der Waals surface area contributed by atoms with Crippen LogP contribution in [0.2, 0.25) is 0 Å². The molecule has 0 aliphatic carbocycles. The number of carboxylic acid groups (broad SMARTS) is 1. The normalized spacial score (nSPS) is 11.4. The quantitative estimate of drug-likeness (QED) is 0.459. The van der Waals surface area contributed by atoms with Gasteiger partial charge in [-0.1, -0.05) is 6.07 Å². The minimum absolute atomic E-state index is 0.00154. The Labute approximate surface area is 190 Å². The molecule has 1 N–H and O–H groups in total. The fraction of sp³-hybridized carbons (Fsp3) is 0.174. The molecule has 0 fully saturated rings. The lowest BCUT2D eigenvalue weighted by Gasteiger charge is -2.16. The summed E-state index contributed by atoms with van der Waals surface area (Å²) in [5, 5.41) is 18.6. The molecule has 0 aliphatic rings. The van der Waals surface area contributed by atoms with Crippen molar-refractivity contribution >= 4 is 17.0 Å². The molecule has 1 aromatic carbocycles. The molecule has 0 saturated heterocycles. The van der Waals surface area contributed by atoms with E-state index in [0.29, 0.717) is 16.6 Å². The van der Waals surface area contributed by atoms with Gasteiger partial charge in [0.05, 0.1) is 28.8 Å². The Bertz CT molecular complexity index is 1470. The highest BCUT2D eigenvalue weighted by molar-refractivity contribution is 5.87. The fourth-order valence-electron chi connectivity index (χ4n) is 3.41. The number of aromatic carboxylic acids is 1. The first-order valence-corrected chi connectivity index (χ1v) is 9.85. The summed E-state index contributed by atoms with van der Waals surface area (Å²) in [5.41, 5.74) is 0.580. The van der Waals surface area contributed by atoms with E-state index in [-0.39, 0.29) is 34.9 Å². The Morgan fingerprint density at radius 1 is 1.21 bits per heavy atom. The van der Waals surface area contributed by atoms with Crippen LogP contribution < -0.4 is 4.74 Å². The van der Waals surface area contributed by atoms with Crippen molar-refractivity contribution in [1.29, 1.82) is 5.26 Å². The molecule has 0 bridgehead atoms. The van der Waals surface area contributed by atoms with E-state index in [4.69, 9.17) is 4.74 Å². The van der Waals surface area contributed by atoms with Crippen LogP contribution in [0.4, 0.5) is 13.2 Å². The zero-order chi connectivity index (χ0) is 24.6. The molecule has 4 aromatic rings. The molecule has 0 atom stereocenters. The maximum Gasteiger partial charge on any atom is 0.419 e. The minimum Gasteiger partial charge on any atom is -0.487 e. The first-order valence-electron chi connectivity index (χ1n) is 9.85. The van der Waals surface area contributed by atoms with Crippen LogP contribution >= 0.6 is 0 Å². The number of halogens is 3. The van der Waals surface area contributed by atoms with Crippen molar-refractivity contribution in [2.45, 2.75) is 19.7 Å². The summed E-state index contributed by atoms with van der Waals surface area (Å²) in [6.45, 7) is 1.21. The predicted octanol–water partition coefficient (Wildman–Crippen LogP) is 4.51. The summed E-state index contributed by atoms with van der Waals surface area (Å²) >= 11 is 0. The van der Waals surface area contributed by atoms with Crippen molar-refractivity contribution in [2.75, 3.05) is 0 Å². The van der Waals surface area contributed by atoms with Crippen LogP contribution in [0.15, 0.2) is 42.7 Å². The number of rotatable bonds is 5. The Kier molecular flexibility index (Phi) is 5.66. The number of nitriles is 1. The average Bonchev–Trinajstić information content (AvgIpc) is 3.17. The number of aryl methyl sites for hydroxylation is 2. The largest absolute Gasteiger partial charge is 0.487 e. The SMILES string of the molecule is Cc1ccc(COc2ccc(-c3cc4c(ncn4C)c(C#N)n3)cc2C(F)(F)F)nc1C(=O)O. The van der Waals surface area contributed by atoms with E-state index < -0.39 is 23.5 Å². The Balaban J connectivity index is 1.71. The van der Waals surface area contributed by atoms with Crippen LogP contribution in [0.5, 0.6) is 5.75 Å². The van der Waals surface area contributed by atoms with E-state index in [1.807, 2.05) is 6.07 Å². The van der Waals surface area contributed by atoms with Crippen LogP contribution in [-0.4, -0.2) is 30.6 Å². The van der Waals surface area contributed by atoms with Crippen molar-refractivity contribution in [3.8, 4) is 23.1 Å². The highest BCUT2D eigenvalue weighted by Gasteiger charge is 2.35. The van der Waals surface area contributed by atoms with E-state index in [1.54, 1.807) is 24.6 Å². The average molecular weight is 467 g/mol. The monoisotopic (exact) mass is 467 g/mol. The number of ether oxygens (including phenoxy) is 1. The van der Waals surface area contributed by atoms with Crippen LogP contribution in [0.25, 0.3) is 22.3 Å². The molecule has 0 amide bonds. The standard InChI is InChI=1S/C23H16F3N5O3/c1-12-3-5-14(29-20(12)22(32)33)10-34-19-6-4-13(7-15(19)23(24,25)26)16-8-18-21(17(9-27)30-16)28-11-31(18)2/h3-8,11H,10H2,1-2H3,(H,32,33). The van der Waals surface area contributed by atoms with Gasteiger partial charge in [-0.2, -0.15) is 18.4 Å². The van der Waals surface area contributed by atoms with E-state index in [1.165, 1.54) is 24.5 Å². The summed E-state index contributed by atoms with van der Waals surface area (Å²) in [7, 11) is 1.70. The fourth-order valence-corrected chi connectivity index (χ4v) is 3.41. The minimum atomic E-state index is -4.74. The lowest BCUT2D eigenvalue weighted by atomic mass is 10.1. The molecule has 0 saturated carbocycles. The molecule has 34 heavy (non-hydrogen) atoms. The zero-order valence-corrected chi connectivity index (χ0v) is 17.9. The van der Waals surface area contributed by atoms with Crippen LogP contribution in [0.1, 0.15) is 33.0 Å². The number of nitrogens with zero attached hydrogens (tertiary/aromatic N) is 5. The lowest BCUT2D eigenvalue weighted by Crippen LogP contribution is -2.11. The number of pyridine rings is 2. The molecule has 8 nitrogen and oxygen atoms in total. The van der Waals surface area contributed by atoms with Crippen LogP contribution in [0.3, 0.4) is 0 Å². The predicted molar refractivity (Wildman–Crippen MR) is 114 cm³/mol. The van der Waals surface area contributed by atoms with Gasteiger partial charge in [0.25, 0.3) is 0 Å². The Hall–Kier alpha value is -4.46. The first kappa shape index (κ1) is 22.7. The third-order valence-corrected chi connectivity index (χ3v) is 5.13. The smallest absolute Gasteiger partial charge is 0.419 e. The molecule has 3 heterocycles. The van der Waals surface area contributed by atoms with Gasteiger partial charge >= 0.3 is 12.1 Å². The van der Waals surface area contributed by atoms with Crippen molar-refractivity contribution in [3.05, 3.63) is 70.9 Å². The molecule has 4 rings (SSSR count). The van der Waals surface area contributed by atoms with Crippen LogP contribution in [0, 0.1) is 18.3 Å². The Morgan fingerprint density at radius 3 is 2.65 bits per heavy atom. The second kappa shape index (κ2) is 8.47. The number of alkyl halides is 3. The van der Waals surface area contributed by atoms with E-state index in [9.17, 15) is 28.3 Å². The molecule has 0 radical (unpaired) electrons. The van der Waals surface area contributed by atoms with Gasteiger partial charge in [0.15, 0.2) is 11.4 Å². The van der Waals surface area contributed by atoms with Gasteiger partial charge in [-0.05, 0) is 42.8 Å². The van der Waals surface area contributed by atoms with Crippen molar-refractivity contribution in [3.63, 3.8) is 0 Å². The molecule has 11 heteroatoms. The summed E-state index contributed by atoms with van der Waals surface area (Å²) in [6.07, 6.45) is -3.25. The second-order valence-electron chi connectivity index (χ2n) is 7.46. The maximum absolute atomic E-state index is 13.8. The topological polar surface area (TPSA) is 114 Å². The molecule has 0 aliphatic heterocycles. The summed E-state index contributed by atoms with van der Waals surface area (Å²) in [5.74, 6) is -1.69. The molecular weight excluding hydrogens is 451 g/mol. The summed E-state index contributed by atoms with van der Waals surface area (Å²) in [4.78, 5) is 23.5. The Morgan fingerprint density at radius 2 is 1.97 bits per heavy atom. The van der Waals surface area contributed by atoms with E-state index in [0.717, 1.165) is 12.1 Å². The zero-order valence-electron chi connectivity index (χ0n) is 17.9. The summed E-state index contributed by atoms with van der Waals surface area (Å²) < 4.78 is 48.6. The molecule has 172 valence electrons. The molecular formula is C23H16F3N5O3. The third-order valence-electron chi connectivity index (χ3n) is 5.13. The van der Waals surface area contributed by atoms with Crippen LogP contribution in [-0.2, 0) is 19.8 Å². The molecule has 3 aromatic heterocycles. The van der Waals surface area contributed by atoms with E-state index >= 15 is 0 Å². The number of hydrogen-bond donors (Lipinski definition) is 1. The number of fused-ring (bicyclic) bond motifs is 1. The molecule has 0 unspecified atom stereocenters. The van der Waals surface area contributed by atoms with Gasteiger partial charge in [0.2, 0.25) is 0 Å². The van der Waals surface area contributed by atoms with Gasteiger partial charge in [0, 0.05) is 12.6 Å².